The SMILES string of the molecule is O=C1/C(=C\c2cc(Br)c(OCc3cccc4ccccc34)c(Br)c2)SC(=NCc2ccccc2)N1Cc1ccccc1. The lowest BCUT2D eigenvalue weighted by Crippen LogP contribution is -2.28. The van der Waals surface area contributed by atoms with E-state index in [1.54, 1.807) is 4.90 Å². The van der Waals surface area contributed by atoms with Crippen molar-refractivity contribution in [1.82, 2.24) is 4.90 Å². The lowest BCUT2D eigenvalue weighted by Gasteiger charge is -2.15. The topological polar surface area (TPSA) is 41.9 Å². The summed E-state index contributed by atoms with van der Waals surface area (Å²) in [5.74, 6) is 0.658. The third kappa shape index (κ3) is 6.54. The van der Waals surface area contributed by atoms with Gasteiger partial charge in [-0.05, 0) is 94.9 Å². The predicted molar refractivity (Wildman–Crippen MR) is 180 cm³/mol. The number of carbonyl (C=O) groups is 1. The molecule has 0 atom stereocenters. The number of nitrogens with zero attached hydrogens (tertiary/aromatic N) is 2. The highest BCUT2D eigenvalue weighted by molar-refractivity contribution is 9.11. The van der Waals surface area contributed by atoms with E-state index < -0.39 is 0 Å². The zero-order valence-electron chi connectivity index (χ0n) is 22.5. The number of thioether (sulfide) groups is 1. The number of benzene rings is 5. The Morgan fingerprint density at radius 3 is 2.17 bits per heavy atom. The lowest BCUT2D eigenvalue weighted by atomic mass is 10.1. The number of halogens is 2. The monoisotopic (exact) mass is 696 g/mol. The van der Waals surface area contributed by atoms with Crippen LogP contribution in [0.5, 0.6) is 5.75 Å². The first-order valence-electron chi connectivity index (χ1n) is 13.5. The predicted octanol–water partition coefficient (Wildman–Crippen LogP) is 9.62. The van der Waals surface area contributed by atoms with Crippen LogP contribution >= 0.6 is 43.6 Å². The molecule has 0 unspecified atom stereocenters. The third-order valence-electron chi connectivity index (χ3n) is 6.88. The maximum atomic E-state index is 13.6. The quantitative estimate of drug-likeness (QED) is 0.152. The number of amidine groups is 1. The van der Waals surface area contributed by atoms with Crippen molar-refractivity contribution in [3.63, 3.8) is 0 Å². The Bertz CT molecular complexity index is 1780. The first-order valence-corrected chi connectivity index (χ1v) is 15.9. The van der Waals surface area contributed by atoms with Crippen molar-refractivity contribution in [1.29, 1.82) is 0 Å². The molecule has 42 heavy (non-hydrogen) atoms. The minimum absolute atomic E-state index is 0.0563. The molecular formula is C35H26Br2N2O2S. The van der Waals surface area contributed by atoms with Gasteiger partial charge in [-0.2, -0.15) is 0 Å². The molecule has 1 amide bonds. The molecule has 7 heteroatoms. The fraction of sp³-hybridized carbons (Fsp3) is 0.0857. The van der Waals surface area contributed by atoms with Gasteiger partial charge in [-0.1, -0.05) is 103 Å². The van der Waals surface area contributed by atoms with Crippen LogP contribution in [0.4, 0.5) is 0 Å². The van der Waals surface area contributed by atoms with Gasteiger partial charge in [0.25, 0.3) is 5.91 Å². The summed E-state index contributed by atoms with van der Waals surface area (Å²) in [7, 11) is 0. The molecule has 1 fully saturated rings. The average molecular weight is 698 g/mol. The third-order valence-corrected chi connectivity index (χ3v) is 9.10. The van der Waals surface area contributed by atoms with Crippen molar-refractivity contribution in [2.24, 2.45) is 4.99 Å². The second kappa shape index (κ2) is 13.1. The molecule has 0 saturated carbocycles. The highest BCUT2D eigenvalue weighted by Crippen LogP contribution is 2.39. The average Bonchev–Trinajstić information content (AvgIpc) is 3.30. The van der Waals surface area contributed by atoms with E-state index in [1.165, 1.54) is 22.5 Å². The minimum Gasteiger partial charge on any atom is -0.487 e. The van der Waals surface area contributed by atoms with E-state index in [4.69, 9.17) is 9.73 Å². The van der Waals surface area contributed by atoms with Crippen molar-refractivity contribution in [2.75, 3.05) is 0 Å². The van der Waals surface area contributed by atoms with E-state index in [0.717, 1.165) is 31.2 Å². The summed E-state index contributed by atoms with van der Waals surface area (Å²) >= 11 is 8.80. The standard InChI is InChI=1S/C35H26Br2N2O2S/c36-30-18-26(19-31(37)33(30)41-23-28-16-9-15-27-14-7-8-17-29(27)28)20-32-34(40)39(22-25-12-5-2-6-13-25)35(42-32)38-21-24-10-3-1-4-11-24/h1-20H,21-23H2/b32-20+,38-35?. The molecule has 1 aliphatic heterocycles. The van der Waals surface area contributed by atoms with Gasteiger partial charge in [0.15, 0.2) is 5.17 Å². The molecule has 4 nitrogen and oxygen atoms in total. The number of ether oxygens (including phenoxy) is 1. The zero-order chi connectivity index (χ0) is 28.9. The smallest absolute Gasteiger partial charge is 0.267 e. The van der Waals surface area contributed by atoms with Crippen LogP contribution in [0.2, 0.25) is 0 Å². The Morgan fingerprint density at radius 1 is 0.786 bits per heavy atom. The Hall–Kier alpha value is -3.65. The van der Waals surface area contributed by atoms with Crippen molar-refractivity contribution in [3.05, 3.63) is 151 Å². The molecule has 0 aliphatic carbocycles. The molecule has 0 spiro atoms. The van der Waals surface area contributed by atoms with Crippen molar-refractivity contribution in [2.45, 2.75) is 19.7 Å². The molecule has 1 heterocycles. The Labute approximate surface area is 266 Å². The lowest BCUT2D eigenvalue weighted by molar-refractivity contribution is -0.122. The molecule has 0 N–H and O–H groups in total. The summed E-state index contributed by atoms with van der Waals surface area (Å²) in [5.41, 5.74) is 4.15. The molecule has 0 radical (unpaired) electrons. The molecule has 0 aromatic heterocycles. The van der Waals surface area contributed by atoms with Crippen LogP contribution in [-0.2, 0) is 24.5 Å². The van der Waals surface area contributed by atoms with E-state index in [-0.39, 0.29) is 5.91 Å². The number of carbonyl (C=O) groups excluding carboxylic acids is 1. The second-order valence-corrected chi connectivity index (χ2v) is 12.5. The summed E-state index contributed by atoms with van der Waals surface area (Å²) < 4.78 is 7.88. The van der Waals surface area contributed by atoms with Gasteiger partial charge in [-0.25, -0.2) is 0 Å². The molecule has 1 aliphatic rings. The minimum atomic E-state index is -0.0563. The number of fused-ring (bicyclic) bond motifs is 1. The Kier molecular flexibility index (Phi) is 8.89. The summed E-state index contributed by atoms with van der Waals surface area (Å²) in [6.45, 7) is 1.41. The molecule has 208 valence electrons. The van der Waals surface area contributed by atoms with Crippen LogP contribution in [0.1, 0.15) is 22.3 Å². The Morgan fingerprint density at radius 2 is 1.43 bits per heavy atom. The van der Waals surface area contributed by atoms with Crippen molar-refractivity contribution < 1.29 is 9.53 Å². The van der Waals surface area contributed by atoms with Crippen LogP contribution in [-0.4, -0.2) is 16.0 Å². The first-order chi connectivity index (χ1) is 20.5. The van der Waals surface area contributed by atoms with Gasteiger partial charge in [0, 0.05) is 0 Å². The number of hydrogen-bond donors (Lipinski definition) is 0. The van der Waals surface area contributed by atoms with Crippen LogP contribution in [0.25, 0.3) is 16.8 Å². The molecule has 0 bridgehead atoms. The fourth-order valence-corrected chi connectivity index (χ4v) is 7.22. The summed E-state index contributed by atoms with van der Waals surface area (Å²) in [6.07, 6.45) is 1.92. The molecule has 5 aromatic rings. The summed E-state index contributed by atoms with van der Waals surface area (Å²) in [5, 5.41) is 3.06. The van der Waals surface area contributed by atoms with Gasteiger partial charge in [-0.3, -0.25) is 14.7 Å². The van der Waals surface area contributed by atoms with E-state index in [1.807, 2.05) is 91.0 Å². The van der Waals surface area contributed by atoms with Crippen molar-refractivity contribution >= 4 is 71.5 Å². The van der Waals surface area contributed by atoms with Crippen LogP contribution < -0.4 is 4.74 Å². The van der Waals surface area contributed by atoms with E-state index in [9.17, 15) is 4.79 Å². The number of amides is 1. The largest absolute Gasteiger partial charge is 0.487 e. The highest BCUT2D eigenvalue weighted by atomic mass is 79.9. The van der Waals surface area contributed by atoms with E-state index >= 15 is 0 Å². The Balaban J connectivity index is 1.24. The van der Waals surface area contributed by atoms with Crippen molar-refractivity contribution in [3.8, 4) is 5.75 Å². The summed E-state index contributed by atoms with van der Waals surface area (Å²) in [4.78, 5) is 20.9. The molecule has 1 saturated heterocycles. The van der Waals surface area contributed by atoms with E-state index in [0.29, 0.717) is 35.5 Å². The van der Waals surface area contributed by atoms with E-state index in [2.05, 4.69) is 62.2 Å². The first kappa shape index (κ1) is 28.5. The fourth-order valence-electron chi connectivity index (χ4n) is 4.79. The van der Waals surface area contributed by atoms with Gasteiger partial charge in [0.1, 0.15) is 12.4 Å². The maximum Gasteiger partial charge on any atom is 0.267 e. The van der Waals surface area contributed by atoms with Crippen LogP contribution in [0.15, 0.2) is 134 Å². The zero-order valence-corrected chi connectivity index (χ0v) is 26.5. The van der Waals surface area contributed by atoms with Gasteiger partial charge >= 0.3 is 0 Å². The molecular weight excluding hydrogens is 672 g/mol. The number of hydrogen-bond acceptors (Lipinski definition) is 4. The maximum absolute atomic E-state index is 13.6. The van der Waals surface area contributed by atoms with Gasteiger partial charge < -0.3 is 4.74 Å². The highest BCUT2D eigenvalue weighted by Gasteiger charge is 2.33. The van der Waals surface area contributed by atoms with Gasteiger partial charge in [0.2, 0.25) is 0 Å². The van der Waals surface area contributed by atoms with Gasteiger partial charge in [0.05, 0.1) is 26.9 Å². The van der Waals surface area contributed by atoms with Crippen LogP contribution in [0, 0.1) is 0 Å². The summed E-state index contributed by atoms with van der Waals surface area (Å²) in [6, 6.07) is 38.6. The normalized spacial score (nSPS) is 15.2. The second-order valence-electron chi connectivity index (χ2n) is 9.81. The van der Waals surface area contributed by atoms with Crippen LogP contribution in [0.3, 0.4) is 0 Å². The molecule has 5 aromatic carbocycles. The van der Waals surface area contributed by atoms with Gasteiger partial charge in [-0.15, -0.1) is 0 Å². The molecule has 6 rings (SSSR count). The number of aliphatic imine (C=N–C) groups is 1. The number of rotatable bonds is 8.